The highest BCUT2D eigenvalue weighted by atomic mass is 19.1. The summed E-state index contributed by atoms with van der Waals surface area (Å²) in [6.07, 6.45) is -1.13. The molecule has 3 aromatic carbocycles. The molecule has 0 saturated carbocycles. The van der Waals surface area contributed by atoms with Crippen LogP contribution in [0.3, 0.4) is 0 Å². The maximum absolute atomic E-state index is 13.8. The topological polar surface area (TPSA) is 103 Å². The molecule has 0 radical (unpaired) electrons. The monoisotopic (exact) mass is 444 g/mol. The molecule has 0 spiro atoms. The Labute approximate surface area is 189 Å². The molecule has 33 heavy (non-hydrogen) atoms. The number of benzene rings is 3. The summed E-state index contributed by atoms with van der Waals surface area (Å²) < 4.78 is 13.8. The number of carbonyl (C=O) groups is 2. The molecule has 0 amide bonds. The molecule has 0 aliphatic heterocycles. The van der Waals surface area contributed by atoms with Crippen LogP contribution in [0.1, 0.15) is 46.8 Å². The highest BCUT2D eigenvalue weighted by Gasteiger charge is 2.24. The lowest BCUT2D eigenvalue weighted by Gasteiger charge is -2.13. The van der Waals surface area contributed by atoms with E-state index in [1.54, 1.807) is 36.4 Å². The van der Waals surface area contributed by atoms with Crippen molar-refractivity contribution in [3.8, 4) is 0 Å². The molecule has 0 fully saturated rings. The smallest absolute Gasteiger partial charge is 0.200 e. The molecule has 7 heteroatoms. The van der Waals surface area contributed by atoms with E-state index in [-0.39, 0.29) is 40.5 Å². The predicted molar refractivity (Wildman–Crippen MR) is 123 cm³/mol. The van der Waals surface area contributed by atoms with Gasteiger partial charge in [-0.2, -0.15) is 0 Å². The van der Waals surface area contributed by atoms with E-state index in [4.69, 9.17) is 0 Å². The average molecular weight is 444 g/mol. The lowest BCUT2D eigenvalue weighted by Crippen LogP contribution is -2.08. The van der Waals surface area contributed by atoms with E-state index in [1.165, 1.54) is 31.2 Å². The van der Waals surface area contributed by atoms with Crippen LogP contribution in [0.2, 0.25) is 0 Å². The summed E-state index contributed by atoms with van der Waals surface area (Å²) in [5, 5.41) is 21.5. The zero-order valence-corrected chi connectivity index (χ0v) is 17.7. The van der Waals surface area contributed by atoms with E-state index in [0.29, 0.717) is 16.6 Å². The Morgan fingerprint density at radius 3 is 2.45 bits per heavy atom. The van der Waals surface area contributed by atoms with Gasteiger partial charge in [-0.15, -0.1) is 0 Å². The van der Waals surface area contributed by atoms with Gasteiger partial charge in [0.05, 0.1) is 17.1 Å². The fourth-order valence-corrected chi connectivity index (χ4v) is 3.60. The summed E-state index contributed by atoms with van der Waals surface area (Å²) in [7, 11) is 0. The minimum atomic E-state index is -1.05. The number of nitrogens with zero attached hydrogens (tertiary/aromatic N) is 1. The summed E-state index contributed by atoms with van der Waals surface area (Å²) in [5.74, 6) is -1.66. The number of aromatic nitrogens is 2. The lowest BCUT2D eigenvalue weighted by molar-refractivity contribution is -0.118. The normalized spacial score (nSPS) is 12.9. The van der Waals surface area contributed by atoms with Crippen molar-refractivity contribution in [3.63, 3.8) is 0 Å². The molecule has 0 aliphatic rings. The van der Waals surface area contributed by atoms with Crippen LogP contribution in [0.25, 0.3) is 22.4 Å². The van der Waals surface area contributed by atoms with Crippen molar-refractivity contribution in [1.82, 2.24) is 9.97 Å². The van der Waals surface area contributed by atoms with E-state index < -0.39 is 17.7 Å². The number of aliphatic hydroxyl groups excluding tert-OH is 2. The van der Waals surface area contributed by atoms with Crippen LogP contribution < -0.4 is 0 Å². The molecule has 0 bridgehead atoms. The van der Waals surface area contributed by atoms with Crippen molar-refractivity contribution in [1.29, 1.82) is 0 Å². The van der Waals surface area contributed by atoms with Crippen molar-refractivity contribution in [2.45, 2.75) is 19.4 Å². The summed E-state index contributed by atoms with van der Waals surface area (Å²) >= 11 is 0. The Morgan fingerprint density at radius 1 is 1.00 bits per heavy atom. The second-order valence-electron chi connectivity index (χ2n) is 7.71. The van der Waals surface area contributed by atoms with Crippen molar-refractivity contribution in [2.24, 2.45) is 0 Å². The zero-order chi connectivity index (χ0) is 23.5. The quantitative estimate of drug-likeness (QED) is 0.211. The van der Waals surface area contributed by atoms with E-state index in [1.807, 2.05) is 6.07 Å². The Hall–Kier alpha value is -4.10. The third kappa shape index (κ3) is 4.73. The minimum absolute atomic E-state index is 0.0461. The summed E-state index contributed by atoms with van der Waals surface area (Å²) in [6.45, 7) is 1.38. The van der Waals surface area contributed by atoms with Crippen LogP contribution in [0.15, 0.2) is 72.8 Å². The summed E-state index contributed by atoms with van der Waals surface area (Å²) in [6, 6.07) is 18.6. The van der Waals surface area contributed by atoms with Gasteiger partial charge in [0.1, 0.15) is 28.8 Å². The minimum Gasteiger partial charge on any atom is -0.506 e. The van der Waals surface area contributed by atoms with Gasteiger partial charge in [-0.3, -0.25) is 9.59 Å². The molecule has 6 nitrogen and oxygen atoms in total. The molecule has 0 aliphatic carbocycles. The number of nitrogens with one attached hydrogen (secondary N) is 1. The third-order valence-electron chi connectivity index (χ3n) is 5.20. The first kappa shape index (κ1) is 22.1. The molecule has 0 saturated heterocycles. The van der Waals surface area contributed by atoms with Crippen LogP contribution in [0.5, 0.6) is 0 Å². The van der Waals surface area contributed by atoms with Gasteiger partial charge < -0.3 is 15.2 Å². The summed E-state index contributed by atoms with van der Waals surface area (Å²) in [5.41, 5.74) is 1.82. The number of para-hydroxylation sites is 2. The number of carbonyl (C=O) groups excluding carboxylic acids is 2. The van der Waals surface area contributed by atoms with E-state index >= 15 is 0 Å². The van der Waals surface area contributed by atoms with Crippen molar-refractivity contribution in [3.05, 3.63) is 101 Å². The Balaban J connectivity index is 1.88. The van der Waals surface area contributed by atoms with Gasteiger partial charge in [-0.25, -0.2) is 9.37 Å². The molecule has 1 aromatic heterocycles. The molecule has 1 atom stereocenters. The number of Topliss-reactive ketones (excluding diaryl/α,β-unsaturated/α-hetero) is 2. The first-order valence-corrected chi connectivity index (χ1v) is 10.3. The number of aromatic amines is 1. The first-order chi connectivity index (χ1) is 15.8. The maximum Gasteiger partial charge on any atom is 0.200 e. The number of rotatable bonds is 7. The van der Waals surface area contributed by atoms with Crippen LogP contribution >= 0.6 is 0 Å². The number of imidazole rings is 1. The van der Waals surface area contributed by atoms with Crippen LogP contribution in [0.4, 0.5) is 4.39 Å². The first-order valence-electron chi connectivity index (χ1n) is 10.3. The van der Waals surface area contributed by atoms with Crippen LogP contribution in [0, 0.1) is 5.82 Å². The molecule has 1 unspecified atom stereocenters. The Kier molecular flexibility index (Phi) is 6.15. The van der Waals surface area contributed by atoms with Crippen molar-refractivity contribution < 1.29 is 24.2 Å². The highest BCUT2D eigenvalue weighted by Crippen LogP contribution is 2.30. The lowest BCUT2D eigenvalue weighted by atomic mass is 9.96. The highest BCUT2D eigenvalue weighted by molar-refractivity contribution is 6.33. The van der Waals surface area contributed by atoms with Gasteiger partial charge in [0.15, 0.2) is 0 Å². The standard InChI is InChI=1S/C26H21FN2O4/c1-15(30)12-22(31)16-6-4-7-17(13-16)24(32)23(25(33)18-8-5-9-19(27)14-18)26-28-20-10-2-3-11-21(20)29-26/h2-11,13-14,22,31-32H,12H2,1H3,(H,28,29). The third-order valence-corrected chi connectivity index (χ3v) is 5.20. The Morgan fingerprint density at radius 2 is 1.73 bits per heavy atom. The molecule has 1 heterocycles. The van der Waals surface area contributed by atoms with E-state index in [0.717, 1.165) is 6.07 Å². The van der Waals surface area contributed by atoms with E-state index in [2.05, 4.69) is 9.97 Å². The molecular formula is C26H21FN2O4. The number of aliphatic hydroxyl groups is 2. The molecule has 4 aromatic rings. The predicted octanol–water partition coefficient (Wildman–Crippen LogP) is 5.02. The summed E-state index contributed by atoms with van der Waals surface area (Å²) in [4.78, 5) is 32.3. The van der Waals surface area contributed by atoms with Gasteiger partial charge in [-0.05, 0) is 42.8 Å². The largest absolute Gasteiger partial charge is 0.506 e. The van der Waals surface area contributed by atoms with Crippen molar-refractivity contribution >= 4 is 33.9 Å². The number of halogens is 1. The number of ketones is 2. The van der Waals surface area contributed by atoms with Gasteiger partial charge in [-0.1, -0.05) is 42.5 Å². The molecule has 166 valence electrons. The van der Waals surface area contributed by atoms with Gasteiger partial charge in [0.2, 0.25) is 5.78 Å². The fourth-order valence-electron chi connectivity index (χ4n) is 3.60. The van der Waals surface area contributed by atoms with Gasteiger partial charge >= 0.3 is 0 Å². The molecule has 3 N–H and O–H groups in total. The number of allylic oxidation sites excluding steroid dienone is 1. The maximum atomic E-state index is 13.8. The zero-order valence-electron chi connectivity index (χ0n) is 17.7. The second-order valence-corrected chi connectivity index (χ2v) is 7.71. The fraction of sp³-hybridized carbons (Fsp3) is 0.115. The number of fused-ring (bicyclic) bond motifs is 1. The average Bonchev–Trinajstić information content (AvgIpc) is 3.22. The number of H-pyrrole nitrogens is 1. The second kappa shape index (κ2) is 9.18. The van der Waals surface area contributed by atoms with Gasteiger partial charge in [0, 0.05) is 17.5 Å². The van der Waals surface area contributed by atoms with Gasteiger partial charge in [0.25, 0.3) is 0 Å². The molecular weight excluding hydrogens is 423 g/mol. The van der Waals surface area contributed by atoms with E-state index in [9.17, 15) is 24.2 Å². The number of hydrogen-bond acceptors (Lipinski definition) is 5. The van der Waals surface area contributed by atoms with Crippen LogP contribution in [-0.4, -0.2) is 31.7 Å². The molecule has 4 rings (SSSR count). The van der Waals surface area contributed by atoms with Crippen molar-refractivity contribution in [2.75, 3.05) is 0 Å². The SMILES string of the molecule is CC(=O)CC(O)c1cccc(C(O)=C(C(=O)c2cccc(F)c2)c2nc3ccccc3[nH]2)c1. The number of hydrogen-bond donors (Lipinski definition) is 3. The Bertz CT molecular complexity index is 1360. The van der Waals surface area contributed by atoms with Crippen LogP contribution in [-0.2, 0) is 4.79 Å².